The molecular formula is C21H16ClN3O2S. The van der Waals surface area contributed by atoms with Crippen molar-refractivity contribution in [1.82, 2.24) is 9.78 Å². The van der Waals surface area contributed by atoms with Crippen LogP contribution in [0.4, 0.5) is 10.5 Å². The zero-order chi connectivity index (χ0) is 19.3. The molecule has 28 heavy (non-hydrogen) atoms. The lowest BCUT2D eigenvalue weighted by atomic mass is 10.2. The number of rotatable bonds is 5. The van der Waals surface area contributed by atoms with Gasteiger partial charge >= 0.3 is 6.09 Å². The first kappa shape index (κ1) is 18.3. The Morgan fingerprint density at radius 3 is 2.61 bits per heavy atom. The van der Waals surface area contributed by atoms with Crippen molar-refractivity contribution in [2.45, 2.75) is 6.61 Å². The molecule has 140 valence electrons. The van der Waals surface area contributed by atoms with Crippen LogP contribution in [0.5, 0.6) is 0 Å². The maximum Gasteiger partial charge on any atom is 0.412 e. The summed E-state index contributed by atoms with van der Waals surface area (Å²) >= 11 is 7.66. The first-order chi connectivity index (χ1) is 13.7. The SMILES string of the molecule is O=C(Nc1ccccc1Cl)OCc1cn(-c2ccccc2)nc1-c1cccs1. The molecule has 0 bridgehead atoms. The van der Waals surface area contributed by atoms with E-state index in [1.807, 2.05) is 54.0 Å². The van der Waals surface area contributed by atoms with Gasteiger partial charge in [-0.15, -0.1) is 11.3 Å². The molecule has 0 aliphatic heterocycles. The van der Waals surface area contributed by atoms with Gasteiger partial charge in [0.05, 0.1) is 21.3 Å². The summed E-state index contributed by atoms with van der Waals surface area (Å²) in [5, 5.41) is 9.79. The van der Waals surface area contributed by atoms with Crippen LogP contribution in [0.3, 0.4) is 0 Å². The lowest BCUT2D eigenvalue weighted by molar-refractivity contribution is 0.155. The summed E-state index contributed by atoms with van der Waals surface area (Å²) in [7, 11) is 0. The number of ether oxygens (including phenoxy) is 1. The van der Waals surface area contributed by atoms with Gasteiger partial charge in [0.25, 0.3) is 0 Å². The third kappa shape index (κ3) is 4.08. The molecule has 0 radical (unpaired) electrons. The zero-order valence-electron chi connectivity index (χ0n) is 14.7. The third-order valence-corrected chi connectivity index (χ3v) is 5.24. The maximum atomic E-state index is 12.2. The number of carbonyl (C=O) groups is 1. The normalized spacial score (nSPS) is 10.6. The lowest BCUT2D eigenvalue weighted by Crippen LogP contribution is -2.13. The van der Waals surface area contributed by atoms with Gasteiger partial charge in [-0.25, -0.2) is 9.48 Å². The molecule has 0 saturated heterocycles. The van der Waals surface area contributed by atoms with Gasteiger partial charge in [-0.05, 0) is 35.7 Å². The van der Waals surface area contributed by atoms with Crippen LogP contribution in [0, 0.1) is 0 Å². The fraction of sp³-hybridized carbons (Fsp3) is 0.0476. The average Bonchev–Trinajstić information content (AvgIpc) is 3.38. The Hall–Kier alpha value is -3.09. The van der Waals surface area contributed by atoms with Gasteiger partial charge in [-0.1, -0.05) is 48.0 Å². The zero-order valence-corrected chi connectivity index (χ0v) is 16.3. The molecule has 2 aromatic carbocycles. The van der Waals surface area contributed by atoms with E-state index in [0.717, 1.165) is 21.8 Å². The number of para-hydroxylation sites is 2. The van der Waals surface area contributed by atoms with E-state index in [1.54, 1.807) is 40.3 Å². The molecule has 4 aromatic rings. The number of halogens is 1. The van der Waals surface area contributed by atoms with E-state index >= 15 is 0 Å². The second kappa shape index (κ2) is 8.29. The fourth-order valence-corrected chi connectivity index (χ4v) is 3.63. The summed E-state index contributed by atoms with van der Waals surface area (Å²) in [6, 6.07) is 20.8. The first-order valence-corrected chi connectivity index (χ1v) is 9.82. The number of nitrogens with one attached hydrogen (secondary N) is 1. The van der Waals surface area contributed by atoms with Crippen LogP contribution < -0.4 is 5.32 Å². The van der Waals surface area contributed by atoms with Crippen LogP contribution in [0.2, 0.25) is 5.02 Å². The molecule has 1 amide bonds. The minimum atomic E-state index is -0.572. The van der Waals surface area contributed by atoms with Crippen LogP contribution >= 0.6 is 22.9 Å². The van der Waals surface area contributed by atoms with E-state index in [0.29, 0.717) is 10.7 Å². The minimum Gasteiger partial charge on any atom is -0.444 e. The summed E-state index contributed by atoms with van der Waals surface area (Å²) in [6.07, 6.45) is 1.31. The van der Waals surface area contributed by atoms with Gasteiger partial charge in [0, 0.05) is 11.8 Å². The Morgan fingerprint density at radius 2 is 1.86 bits per heavy atom. The molecule has 0 fully saturated rings. The highest BCUT2D eigenvalue weighted by molar-refractivity contribution is 7.13. The second-order valence-electron chi connectivity index (χ2n) is 5.94. The quantitative estimate of drug-likeness (QED) is 0.439. The summed E-state index contributed by atoms with van der Waals surface area (Å²) in [4.78, 5) is 13.2. The summed E-state index contributed by atoms with van der Waals surface area (Å²) in [5.41, 5.74) is 3.06. The number of anilines is 1. The second-order valence-corrected chi connectivity index (χ2v) is 7.30. The van der Waals surface area contributed by atoms with Gasteiger partial charge in [0.15, 0.2) is 0 Å². The van der Waals surface area contributed by atoms with Crippen LogP contribution in [0.25, 0.3) is 16.3 Å². The Balaban J connectivity index is 1.54. The third-order valence-electron chi connectivity index (χ3n) is 4.03. The smallest absolute Gasteiger partial charge is 0.412 e. The number of aromatic nitrogens is 2. The number of hydrogen-bond acceptors (Lipinski definition) is 4. The van der Waals surface area contributed by atoms with Crippen molar-refractivity contribution in [2.75, 3.05) is 5.32 Å². The molecular weight excluding hydrogens is 394 g/mol. The molecule has 0 saturated carbocycles. The molecule has 5 nitrogen and oxygen atoms in total. The molecule has 2 aromatic heterocycles. The molecule has 0 aliphatic rings. The van der Waals surface area contributed by atoms with Crippen molar-refractivity contribution >= 4 is 34.7 Å². The van der Waals surface area contributed by atoms with Crippen molar-refractivity contribution in [3.05, 3.63) is 88.9 Å². The predicted octanol–water partition coefficient (Wildman–Crippen LogP) is 6.00. The molecule has 1 N–H and O–H groups in total. The highest BCUT2D eigenvalue weighted by Crippen LogP contribution is 2.28. The highest BCUT2D eigenvalue weighted by atomic mass is 35.5. The van der Waals surface area contributed by atoms with E-state index in [1.165, 1.54) is 0 Å². The fourth-order valence-electron chi connectivity index (χ4n) is 2.70. The maximum absolute atomic E-state index is 12.2. The van der Waals surface area contributed by atoms with Crippen LogP contribution in [-0.2, 0) is 11.3 Å². The molecule has 2 heterocycles. The molecule has 7 heteroatoms. The standard InChI is InChI=1S/C21H16ClN3O2S/c22-17-9-4-5-10-18(17)23-21(26)27-14-15-13-25(16-7-2-1-3-8-16)24-20(15)19-11-6-12-28-19/h1-13H,14H2,(H,23,26). The van der Waals surface area contributed by atoms with Crippen molar-refractivity contribution in [2.24, 2.45) is 0 Å². The Morgan fingerprint density at radius 1 is 1.07 bits per heavy atom. The minimum absolute atomic E-state index is 0.0936. The number of benzene rings is 2. The number of nitrogens with zero attached hydrogens (tertiary/aromatic N) is 2. The number of thiophene rings is 1. The van der Waals surface area contributed by atoms with Gasteiger partial charge < -0.3 is 4.74 Å². The highest BCUT2D eigenvalue weighted by Gasteiger charge is 2.15. The number of hydrogen-bond donors (Lipinski definition) is 1. The van der Waals surface area contributed by atoms with Crippen molar-refractivity contribution in [3.63, 3.8) is 0 Å². The van der Waals surface area contributed by atoms with E-state index in [9.17, 15) is 4.79 Å². The molecule has 0 unspecified atom stereocenters. The van der Waals surface area contributed by atoms with Gasteiger partial charge in [-0.2, -0.15) is 5.10 Å². The van der Waals surface area contributed by atoms with Crippen LogP contribution in [-0.4, -0.2) is 15.9 Å². The lowest BCUT2D eigenvalue weighted by Gasteiger charge is -2.08. The van der Waals surface area contributed by atoms with E-state index in [2.05, 4.69) is 5.32 Å². The van der Waals surface area contributed by atoms with E-state index in [-0.39, 0.29) is 6.61 Å². The topological polar surface area (TPSA) is 56.1 Å². The first-order valence-electron chi connectivity index (χ1n) is 8.57. The summed E-state index contributed by atoms with van der Waals surface area (Å²) < 4.78 is 7.21. The van der Waals surface area contributed by atoms with Crippen LogP contribution in [0.1, 0.15) is 5.56 Å². The van der Waals surface area contributed by atoms with Crippen molar-refractivity contribution in [1.29, 1.82) is 0 Å². The molecule has 4 rings (SSSR count). The Bertz CT molecular complexity index is 1080. The summed E-state index contributed by atoms with van der Waals surface area (Å²) in [5.74, 6) is 0. The Kier molecular flexibility index (Phi) is 5.41. The predicted molar refractivity (Wildman–Crippen MR) is 112 cm³/mol. The van der Waals surface area contributed by atoms with Crippen molar-refractivity contribution < 1.29 is 9.53 Å². The molecule has 0 spiro atoms. The number of amides is 1. The molecule has 0 atom stereocenters. The monoisotopic (exact) mass is 409 g/mol. The number of carbonyl (C=O) groups excluding carboxylic acids is 1. The van der Waals surface area contributed by atoms with E-state index < -0.39 is 6.09 Å². The molecule has 0 aliphatic carbocycles. The largest absolute Gasteiger partial charge is 0.444 e. The Labute approximate surface area is 171 Å². The van der Waals surface area contributed by atoms with Crippen molar-refractivity contribution in [3.8, 4) is 16.3 Å². The average molecular weight is 410 g/mol. The van der Waals surface area contributed by atoms with Gasteiger partial charge in [-0.3, -0.25) is 5.32 Å². The van der Waals surface area contributed by atoms with Gasteiger partial charge in [0.1, 0.15) is 12.3 Å². The summed E-state index contributed by atoms with van der Waals surface area (Å²) in [6.45, 7) is 0.0936. The van der Waals surface area contributed by atoms with Gasteiger partial charge in [0.2, 0.25) is 0 Å². The van der Waals surface area contributed by atoms with E-state index in [4.69, 9.17) is 21.4 Å². The van der Waals surface area contributed by atoms with Crippen LogP contribution in [0.15, 0.2) is 78.3 Å².